The maximum atomic E-state index is 9.84. The molecule has 0 bridgehead atoms. The number of ether oxygens (including phenoxy) is 1. The number of carbonyl (C=O) groups excluding carboxylic acids is 1. The number of hydrogen-bond acceptors (Lipinski definition) is 2. The van der Waals surface area contributed by atoms with E-state index in [1.807, 2.05) is 0 Å². The van der Waals surface area contributed by atoms with E-state index in [0.29, 0.717) is 0 Å². The van der Waals surface area contributed by atoms with Gasteiger partial charge in [-0.05, 0) is 0 Å². The molecule has 38 valence electrons. The first-order valence-corrected chi connectivity index (χ1v) is 1.51. The van der Waals surface area contributed by atoms with Gasteiger partial charge in [0.2, 0.25) is 0 Å². The zero-order chi connectivity index (χ0) is 4.99. The maximum absolute atomic E-state index is 9.84. The third kappa shape index (κ3) is 10.2. The van der Waals surface area contributed by atoms with Crippen LogP contribution in [0.15, 0.2) is 12.7 Å². The number of hydrogen-bond donors (Lipinski definition) is 0. The fourth-order valence-electron chi connectivity index (χ4n) is 0.0833. The molecule has 0 fully saturated rings. The normalized spacial score (nSPS) is 5.12. The molecule has 2 nitrogen and oxygen atoms in total. The third-order valence-corrected chi connectivity index (χ3v) is 0.368. The minimum atomic E-state index is -0.394. The van der Waals surface area contributed by atoms with Gasteiger partial charge in [-0.2, -0.15) is 0 Å². The van der Waals surface area contributed by atoms with Gasteiger partial charge in [0.25, 0.3) is 0 Å². The van der Waals surface area contributed by atoms with Crippen molar-refractivity contribution in [3.8, 4) is 0 Å². The standard InChI is InChI=1S/C4H6O2.2Na.2H/c1-3-4(5)6-2;;;;/h3H,1H2,2H3;;;;. The Morgan fingerprint density at radius 1 is 1.62 bits per heavy atom. The summed E-state index contributed by atoms with van der Waals surface area (Å²) in [6.45, 7) is 3.16. The molecule has 0 saturated carbocycles. The minimum absolute atomic E-state index is 0. The summed E-state index contributed by atoms with van der Waals surface area (Å²) in [5.74, 6) is -0.394. The van der Waals surface area contributed by atoms with Crippen LogP contribution < -0.4 is 0 Å². The van der Waals surface area contributed by atoms with Crippen molar-refractivity contribution in [3.63, 3.8) is 0 Å². The van der Waals surface area contributed by atoms with Crippen molar-refractivity contribution < 1.29 is 9.53 Å². The van der Waals surface area contributed by atoms with E-state index < -0.39 is 5.97 Å². The summed E-state index contributed by atoms with van der Waals surface area (Å²) in [5.41, 5.74) is 0. The van der Waals surface area contributed by atoms with Gasteiger partial charge in [0.05, 0.1) is 7.11 Å². The molecule has 0 aromatic rings. The van der Waals surface area contributed by atoms with E-state index in [-0.39, 0.29) is 59.1 Å². The molecule has 0 radical (unpaired) electrons. The fourth-order valence-corrected chi connectivity index (χ4v) is 0.0833. The molecule has 0 aliphatic rings. The van der Waals surface area contributed by atoms with Crippen molar-refractivity contribution in [2.45, 2.75) is 0 Å². The topological polar surface area (TPSA) is 26.3 Å². The Labute approximate surface area is 93.2 Å². The molecule has 0 rings (SSSR count). The van der Waals surface area contributed by atoms with Gasteiger partial charge in [-0.3, -0.25) is 0 Å². The second-order valence-corrected chi connectivity index (χ2v) is 0.727. The number of methoxy groups -OCH3 is 1. The molecule has 8 heavy (non-hydrogen) atoms. The second-order valence-electron chi connectivity index (χ2n) is 0.727. The van der Waals surface area contributed by atoms with Gasteiger partial charge >= 0.3 is 65.1 Å². The van der Waals surface area contributed by atoms with Crippen molar-refractivity contribution in [2.24, 2.45) is 0 Å². The Morgan fingerprint density at radius 2 is 2.00 bits per heavy atom. The van der Waals surface area contributed by atoms with Crippen LogP contribution in [-0.2, 0) is 9.53 Å². The van der Waals surface area contributed by atoms with E-state index in [1.54, 1.807) is 0 Å². The molecule has 0 amide bonds. The van der Waals surface area contributed by atoms with Crippen LogP contribution in [0.4, 0.5) is 0 Å². The van der Waals surface area contributed by atoms with Crippen LogP contribution in [0.3, 0.4) is 0 Å². The predicted octanol–water partition coefficient (Wildman–Crippen LogP) is -0.952. The molecule has 4 heteroatoms. The van der Waals surface area contributed by atoms with Crippen LogP contribution in [0.25, 0.3) is 0 Å². The van der Waals surface area contributed by atoms with Crippen LogP contribution in [0.1, 0.15) is 0 Å². The van der Waals surface area contributed by atoms with Crippen molar-refractivity contribution in [1.82, 2.24) is 0 Å². The molecule has 0 aromatic heterocycles. The van der Waals surface area contributed by atoms with E-state index in [4.69, 9.17) is 0 Å². The zero-order valence-electron chi connectivity index (χ0n) is 3.60. The summed E-state index contributed by atoms with van der Waals surface area (Å²) in [7, 11) is 1.31. The number of esters is 1. The average Bonchev–Trinajstić information content (AvgIpc) is 1.65. The van der Waals surface area contributed by atoms with E-state index in [2.05, 4.69) is 11.3 Å². The molecule has 0 aromatic carbocycles. The average molecular weight is 134 g/mol. The van der Waals surface area contributed by atoms with Crippen LogP contribution in [0.2, 0.25) is 0 Å². The molecule has 0 heterocycles. The van der Waals surface area contributed by atoms with Gasteiger partial charge in [-0.15, -0.1) is 0 Å². The van der Waals surface area contributed by atoms with Crippen molar-refractivity contribution in [2.75, 3.05) is 7.11 Å². The molecule has 0 unspecified atom stereocenters. The van der Waals surface area contributed by atoms with Crippen LogP contribution in [0.5, 0.6) is 0 Å². The molecular weight excluding hydrogens is 126 g/mol. The summed E-state index contributed by atoms with van der Waals surface area (Å²) < 4.78 is 4.14. The van der Waals surface area contributed by atoms with Crippen LogP contribution in [0, 0.1) is 0 Å². The molecule has 0 aliphatic heterocycles. The van der Waals surface area contributed by atoms with E-state index in [1.165, 1.54) is 7.11 Å². The Hall–Kier alpha value is 1.21. The van der Waals surface area contributed by atoms with Gasteiger partial charge in [0.1, 0.15) is 0 Å². The first-order chi connectivity index (χ1) is 2.81. The van der Waals surface area contributed by atoms with Gasteiger partial charge in [0, 0.05) is 6.08 Å². The fraction of sp³-hybridized carbons (Fsp3) is 0.250. The first-order valence-electron chi connectivity index (χ1n) is 1.51. The Kier molecular flexibility index (Phi) is 22.3. The third-order valence-electron chi connectivity index (χ3n) is 0.368. The molecule has 0 N–H and O–H groups in total. The molecule has 0 saturated heterocycles. The summed E-state index contributed by atoms with van der Waals surface area (Å²) in [5, 5.41) is 0. The summed E-state index contributed by atoms with van der Waals surface area (Å²) >= 11 is 0. The van der Waals surface area contributed by atoms with Gasteiger partial charge < -0.3 is 4.74 Å². The van der Waals surface area contributed by atoms with Crippen molar-refractivity contribution in [3.05, 3.63) is 12.7 Å². The van der Waals surface area contributed by atoms with Gasteiger partial charge in [0.15, 0.2) is 0 Å². The van der Waals surface area contributed by atoms with E-state index in [0.717, 1.165) is 6.08 Å². The van der Waals surface area contributed by atoms with E-state index >= 15 is 0 Å². The van der Waals surface area contributed by atoms with E-state index in [9.17, 15) is 4.79 Å². The first kappa shape index (κ1) is 16.1. The van der Waals surface area contributed by atoms with Crippen LogP contribution >= 0.6 is 0 Å². The Balaban J connectivity index is -0.000000125. The molecule has 0 aliphatic carbocycles. The van der Waals surface area contributed by atoms with Gasteiger partial charge in [-0.1, -0.05) is 6.58 Å². The zero-order valence-corrected chi connectivity index (χ0v) is 3.60. The predicted molar refractivity (Wildman–Crippen MR) is 36.5 cm³/mol. The molecule has 0 atom stereocenters. The molecule has 0 spiro atoms. The molecular formula is C4H8Na2O2. The summed E-state index contributed by atoms with van der Waals surface area (Å²) in [4.78, 5) is 9.84. The number of carbonyl (C=O) groups is 1. The quantitative estimate of drug-likeness (QED) is 0.262. The van der Waals surface area contributed by atoms with Crippen LogP contribution in [-0.4, -0.2) is 72.2 Å². The Bertz CT molecular complexity index is 72.4. The Morgan fingerprint density at radius 3 is 2.00 bits per heavy atom. The van der Waals surface area contributed by atoms with Crippen molar-refractivity contribution in [1.29, 1.82) is 0 Å². The second kappa shape index (κ2) is 11.1. The van der Waals surface area contributed by atoms with Crippen molar-refractivity contribution >= 4 is 65.1 Å². The summed E-state index contributed by atoms with van der Waals surface area (Å²) in [6, 6.07) is 0. The SMILES string of the molecule is C=CC(=O)OC.[NaH].[NaH]. The number of rotatable bonds is 1. The van der Waals surface area contributed by atoms with Gasteiger partial charge in [-0.25, -0.2) is 4.79 Å². The summed E-state index contributed by atoms with van der Waals surface area (Å²) in [6.07, 6.45) is 1.11. The monoisotopic (exact) mass is 134 g/mol.